The molecule has 1 fully saturated rings. The van der Waals surface area contributed by atoms with Crippen molar-refractivity contribution in [2.24, 2.45) is 5.41 Å². The van der Waals surface area contributed by atoms with Crippen LogP contribution in [0.5, 0.6) is 0 Å². The number of nitrogens with zero attached hydrogens (tertiary/aromatic N) is 3. The van der Waals surface area contributed by atoms with Gasteiger partial charge in [-0.15, -0.1) is 5.10 Å². The van der Waals surface area contributed by atoms with Gasteiger partial charge in [0.25, 0.3) is 0 Å². The predicted molar refractivity (Wildman–Crippen MR) is 75.7 cm³/mol. The van der Waals surface area contributed by atoms with Crippen LogP contribution in [0.1, 0.15) is 43.9 Å². The Labute approximate surface area is 117 Å². The molecule has 1 aliphatic rings. The monoisotopic (exact) mass is 273 g/mol. The number of carboxylic acid groups (broad SMARTS) is 1. The van der Waals surface area contributed by atoms with Crippen LogP contribution in [-0.4, -0.2) is 26.1 Å². The number of aliphatic carboxylic acids is 1. The summed E-state index contributed by atoms with van der Waals surface area (Å²) in [6, 6.07) is 4.54. The average Bonchev–Trinajstić information content (AvgIpc) is 3.12. The van der Waals surface area contributed by atoms with E-state index in [9.17, 15) is 9.90 Å². The maximum absolute atomic E-state index is 11.3. The summed E-state index contributed by atoms with van der Waals surface area (Å²) in [6.07, 6.45) is 2.84. The third-order valence-corrected chi connectivity index (χ3v) is 4.11. The number of rotatable bonds is 4. The third kappa shape index (κ3) is 2.07. The van der Waals surface area contributed by atoms with Crippen molar-refractivity contribution in [1.82, 2.24) is 15.0 Å². The molecule has 0 radical (unpaired) electrons. The SMILES string of the molecule is Cc1c(CC(C)(C)C(=O)O)ccc2c1nnn2C1CC1. The highest BCUT2D eigenvalue weighted by Crippen LogP contribution is 2.37. The molecule has 0 amide bonds. The summed E-state index contributed by atoms with van der Waals surface area (Å²) in [5.41, 5.74) is 3.26. The maximum atomic E-state index is 11.3. The fourth-order valence-electron chi connectivity index (χ4n) is 2.51. The Bertz CT molecular complexity index is 684. The standard InChI is InChI=1S/C15H19N3O2/c1-9-10(8-15(2,3)14(19)20)4-7-12-13(9)16-17-18(12)11-5-6-11/h4,7,11H,5-6,8H2,1-3H3,(H,19,20). The van der Waals surface area contributed by atoms with Crippen LogP contribution in [0, 0.1) is 12.3 Å². The molecule has 0 aliphatic heterocycles. The molecule has 2 aromatic rings. The fraction of sp³-hybridized carbons (Fsp3) is 0.533. The van der Waals surface area contributed by atoms with Gasteiger partial charge < -0.3 is 5.11 Å². The summed E-state index contributed by atoms with van der Waals surface area (Å²) in [5.74, 6) is -0.779. The number of hydrogen-bond acceptors (Lipinski definition) is 3. The lowest BCUT2D eigenvalue weighted by atomic mass is 9.84. The van der Waals surface area contributed by atoms with Gasteiger partial charge >= 0.3 is 5.97 Å². The van der Waals surface area contributed by atoms with E-state index in [0.717, 1.165) is 22.2 Å². The number of benzene rings is 1. The Balaban J connectivity index is 2.01. The Morgan fingerprint density at radius 3 is 2.75 bits per heavy atom. The van der Waals surface area contributed by atoms with Crippen molar-refractivity contribution in [3.05, 3.63) is 23.3 Å². The molecule has 0 atom stereocenters. The quantitative estimate of drug-likeness (QED) is 0.930. The van der Waals surface area contributed by atoms with E-state index < -0.39 is 11.4 Å². The van der Waals surface area contributed by atoms with Crippen molar-refractivity contribution in [1.29, 1.82) is 0 Å². The summed E-state index contributed by atoms with van der Waals surface area (Å²) in [4.78, 5) is 11.3. The Kier molecular flexibility index (Phi) is 2.81. The molecule has 1 heterocycles. The summed E-state index contributed by atoms with van der Waals surface area (Å²) >= 11 is 0. The van der Waals surface area contributed by atoms with Gasteiger partial charge in [0, 0.05) is 0 Å². The van der Waals surface area contributed by atoms with Crippen molar-refractivity contribution in [3.8, 4) is 0 Å². The molecule has 1 N–H and O–H groups in total. The van der Waals surface area contributed by atoms with Crippen LogP contribution < -0.4 is 0 Å². The second-order valence-corrected chi connectivity index (χ2v) is 6.35. The first kappa shape index (κ1) is 13.1. The van der Waals surface area contributed by atoms with E-state index in [0.29, 0.717) is 12.5 Å². The largest absolute Gasteiger partial charge is 0.481 e. The highest BCUT2D eigenvalue weighted by molar-refractivity contribution is 5.80. The van der Waals surface area contributed by atoms with Crippen LogP contribution >= 0.6 is 0 Å². The van der Waals surface area contributed by atoms with Crippen molar-refractivity contribution < 1.29 is 9.90 Å². The molecule has 1 aliphatic carbocycles. The Morgan fingerprint density at radius 2 is 2.15 bits per heavy atom. The molecule has 0 saturated heterocycles. The molecular weight excluding hydrogens is 254 g/mol. The lowest BCUT2D eigenvalue weighted by Gasteiger charge is -2.20. The zero-order valence-electron chi connectivity index (χ0n) is 12.1. The van der Waals surface area contributed by atoms with E-state index in [1.54, 1.807) is 13.8 Å². The van der Waals surface area contributed by atoms with Gasteiger partial charge in [-0.3, -0.25) is 4.79 Å². The minimum Gasteiger partial charge on any atom is -0.481 e. The predicted octanol–water partition coefficient (Wildman–Crippen LogP) is 2.73. The van der Waals surface area contributed by atoms with E-state index in [2.05, 4.69) is 10.3 Å². The minimum absolute atomic E-state index is 0.500. The first-order valence-electron chi connectivity index (χ1n) is 6.97. The van der Waals surface area contributed by atoms with Gasteiger partial charge in [0.15, 0.2) is 0 Å². The maximum Gasteiger partial charge on any atom is 0.309 e. The molecule has 1 aromatic carbocycles. The van der Waals surface area contributed by atoms with Crippen molar-refractivity contribution >= 4 is 17.0 Å². The molecule has 3 rings (SSSR count). The van der Waals surface area contributed by atoms with Crippen LogP contribution in [-0.2, 0) is 11.2 Å². The number of aryl methyl sites for hydroxylation is 1. The van der Waals surface area contributed by atoms with Gasteiger partial charge in [0.05, 0.1) is 17.0 Å². The van der Waals surface area contributed by atoms with E-state index >= 15 is 0 Å². The first-order chi connectivity index (χ1) is 9.40. The lowest BCUT2D eigenvalue weighted by Crippen LogP contribution is -2.26. The van der Waals surface area contributed by atoms with Gasteiger partial charge in [-0.25, -0.2) is 4.68 Å². The van der Waals surface area contributed by atoms with Crippen molar-refractivity contribution in [3.63, 3.8) is 0 Å². The van der Waals surface area contributed by atoms with Crippen molar-refractivity contribution in [2.75, 3.05) is 0 Å². The normalized spacial score (nSPS) is 15.8. The van der Waals surface area contributed by atoms with Gasteiger partial charge in [-0.1, -0.05) is 11.3 Å². The molecule has 0 spiro atoms. The average molecular weight is 273 g/mol. The summed E-state index contributed by atoms with van der Waals surface area (Å²) < 4.78 is 1.99. The summed E-state index contributed by atoms with van der Waals surface area (Å²) in [5, 5.41) is 17.8. The van der Waals surface area contributed by atoms with Crippen LogP contribution in [0.4, 0.5) is 0 Å². The fourth-order valence-corrected chi connectivity index (χ4v) is 2.51. The highest BCUT2D eigenvalue weighted by atomic mass is 16.4. The van der Waals surface area contributed by atoms with Crippen molar-refractivity contribution in [2.45, 2.75) is 46.1 Å². The number of fused-ring (bicyclic) bond motifs is 1. The number of aromatic nitrogens is 3. The number of hydrogen-bond donors (Lipinski definition) is 1. The minimum atomic E-state index is -0.779. The molecular formula is C15H19N3O2. The first-order valence-corrected chi connectivity index (χ1v) is 6.97. The highest BCUT2D eigenvalue weighted by Gasteiger charge is 2.30. The number of carbonyl (C=O) groups is 1. The number of carboxylic acids is 1. The molecule has 106 valence electrons. The third-order valence-electron chi connectivity index (χ3n) is 4.11. The molecule has 1 saturated carbocycles. The molecule has 20 heavy (non-hydrogen) atoms. The van der Waals surface area contributed by atoms with Crippen LogP contribution in [0.25, 0.3) is 11.0 Å². The lowest BCUT2D eigenvalue weighted by molar-refractivity contribution is -0.146. The van der Waals surface area contributed by atoms with Crippen LogP contribution in [0.15, 0.2) is 12.1 Å². The van der Waals surface area contributed by atoms with E-state index in [-0.39, 0.29) is 0 Å². The second kappa shape index (κ2) is 4.30. The van der Waals surface area contributed by atoms with E-state index in [4.69, 9.17) is 0 Å². The Morgan fingerprint density at radius 1 is 1.45 bits per heavy atom. The topological polar surface area (TPSA) is 68.0 Å². The smallest absolute Gasteiger partial charge is 0.309 e. The molecule has 1 aromatic heterocycles. The van der Waals surface area contributed by atoms with Gasteiger partial charge in [-0.05, 0) is 57.2 Å². The van der Waals surface area contributed by atoms with Gasteiger partial charge in [0.2, 0.25) is 0 Å². The molecule has 5 nitrogen and oxygen atoms in total. The molecule has 0 bridgehead atoms. The van der Waals surface area contributed by atoms with E-state index in [1.807, 2.05) is 23.7 Å². The summed E-state index contributed by atoms with van der Waals surface area (Å²) in [6.45, 7) is 5.50. The van der Waals surface area contributed by atoms with Crippen LogP contribution in [0.2, 0.25) is 0 Å². The second-order valence-electron chi connectivity index (χ2n) is 6.35. The van der Waals surface area contributed by atoms with Crippen LogP contribution in [0.3, 0.4) is 0 Å². The summed E-state index contributed by atoms with van der Waals surface area (Å²) in [7, 11) is 0. The van der Waals surface area contributed by atoms with Gasteiger partial charge in [0.1, 0.15) is 5.52 Å². The van der Waals surface area contributed by atoms with Gasteiger partial charge in [-0.2, -0.15) is 0 Å². The molecule has 5 heteroatoms. The Hall–Kier alpha value is -1.91. The molecule has 0 unspecified atom stereocenters. The van der Waals surface area contributed by atoms with E-state index in [1.165, 1.54) is 12.8 Å². The zero-order valence-corrected chi connectivity index (χ0v) is 12.1. The zero-order chi connectivity index (χ0) is 14.5.